The Morgan fingerprint density at radius 2 is 2.00 bits per heavy atom. The Kier molecular flexibility index (Phi) is 4.51. The molecule has 0 spiro atoms. The predicted molar refractivity (Wildman–Crippen MR) is 90.5 cm³/mol. The highest BCUT2D eigenvalue weighted by Crippen LogP contribution is 2.36. The molecule has 0 bridgehead atoms. The molecular weight excluding hydrogens is 290 g/mol. The van der Waals surface area contributed by atoms with Crippen molar-refractivity contribution in [3.63, 3.8) is 0 Å². The van der Waals surface area contributed by atoms with E-state index in [-0.39, 0.29) is 11.8 Å². The zero-order valence-electron chi connectivity index (χ0n) is 13.5. The number of nitrogens with one attached hydrogen (secondary N) is 1. The van der Waals surface area contributed by atoms with E-state index in [1.165, 1.54) is 0 Å². The standard InChI is InChI=1S/C19H21NO3/c1-3-10-23-19-11-13(8-9-18(19)22-2)16-12-17(21)14-6-4-5-7-15(14)20-16/h4-9,11,16,20H,3,10,12H2,1-2H3. The molecule has 4 heteroatoms. The van der Waals surface area contributed by atoms with Gasteiger partial charge in [0.05, 0.1) is 19.8 Å². The van der Waals surface area contributed by atoms with Gasteiger partial charge in [0.25, 0.3) is 0 Å². The number of hydrogen-bond acceptors (Lipinski definition) is 4. The van der Waals surface area contributed by atoms with Gasteiger partial charge in [-0.3, -0.25) is 4.79 Å². The molecule has 1 N–H and O–H groups in total. The summed E-state index contributed by atoms with van der Waals surface area (Å²) in [6.07, 6.45) is 1.37. The van der Waals surface area contributed by atoms with E-state index in [1.807, 2.05) is 42.5 Å². The molecule has 4 nitrogen and oxygen atoms in total. The zero-order valence-corrected chi connectivity index (χ0v) is 13.5. The lowest BCUT2D eigenvalue weighted by Crippen LogP contribution is -2.22. The second-order valence-corrected chi connectivity index (χ2v) is 5.63. The number of hydrogen-bond donors (Lipinski definition) is 1. The van der Waals surface area contributed by atoms with E-state index in [2.05, 4.69) is 12.2 Å². The summed E-state index contributed by atoms with van der Waals surface area (Å²) in [7, 11) is 1.63. The van der Waals surface area contributed by atoms with Crippen LogP contribution in [-0.2, 0) is 0 Å². The molecule has 2 aromatic rings. The lowest BCUT2D eigenvalue weighted by atomic mass is 9.92. The summed E-state index contributed by atoms with van der Waals surface area (Å²) in [5, 5.41) is 3.45. The van der Waals surface area contributed by atoms with Crippen LogP contribution in [0.3, 0.4) is 0 Å². The summed E-state index contributed by atoms with van der Waals surface area (Å²) in [6.45, 7) is 2.70. The molecule has 1 atom stereocenters. The number of fused-ring (bicyclic) bond motifs is 1. The number of carbonyl (C=O) groups excluding carboxylic acids is 1. The quantitative estimate of drug-likeness (QED) is 0.898. The van der Waals surface area contributed by atoms with Gasteiger partial charge in [-0.1, -0.05) is 25.1 Å². The fraction of sp³-hybridized carbons (Fsp3) is 0.316. The minimum atomic E-state index is -0.0488. The maximum absolute atomic E-state index is 12.4. The van der Waals surface area contributed by atoms with E-state index in [0.717, 1.165) is 29.0 Å². The first kappa shape index (κ1) is 15.4. The van der Waals surface area contributed by atoms with Crippen LogP contribution in [-0.4, -0.2) is 19.5 Å². The Balaban J connectivity index is 1.89. The van der Waals surface area contributed by atoms with Crippen LogP contribution in [0.5, 0.6) is 11.5 Å². The van der Waals surface area contributed by atoms with Crippen molar-refractivity contribution in [3.05, 3.63) is 53.6 Å². The van der Waals surface area contributed by atoms with Gasteiger partial charge in [0.2, 0.25) is 0 Å². The molecule has 1 unspecified atom stereocenters. The summed E-state index contributed by atoms with van der Waals surface area (Å²) >= 11 is 0. The first-order valence-corrected chi connectivity index (χ1v) is 7.92. The molecule has 2 aromatic carbocycles. The van der Waals surface area contributed by atoms with Crippen LogP contribution in [0, 0.1) is 0 Å². The highest BCUT2D eigenvalue weighted by molar-refractivity contribution is 6.03. The molecule has 0 amide bonds. The maximum atomic E-state index is 12.4. The minimum absolute atomic E-state index is 0.0488. The summed E-state index contributed by atoms with van der Waals surface area (Å²) in [6, 6.07) is 13.4. The van der Waals surface area contributed by atoms with Crippen molar-refractivity contribution in [3.8, 4) is 11.5 Å². The smallest absolute Gasteiger partial charge is 0.167 e. The van der Waals surface area contributed by atoms with Crippen molar-refractivity contribution in [2.45, 2.75) is 25.8 Å². The van der Waals surface area contributed by atoms with Gasteiger partial charge in [-0.25, -0.2) is 0 Å². The lowest BCUT2D eigenvalue weighted by Gasteiger charge is -2.27. The Labute approximate surface area is 136 Å². The highest BCUT2D eigenvalue weighted by Gasteiger charge is 2.25. The SMILES string of the molecule is CCCOc1cc(C2CC(=O)c3ccccc3N2)ccc1OC. The Hall–Kier alpha value is -2.49. The number of para-hydroxylation sites is 1. The molecule has 1 heterocycles. The summed E-state index contributed by atoms with van der Waals surface area (Å²) in [4.78, 5) is 12.4. The number of rotatable bonds is 5. The first-order valence-electron chi connectivity index (χ1n) is 7.92. The van der Waals surface area contributed by atoms with Gasteiger partial charge in [0.1, 0.15) is 0 Å². The van der Waals surface area contributed by atoms with E-state index < -0.39 is 0 Å². The van der Waals surface area contributed by atoms with Gasteiger partial charge >= 0.3 is 0 Å². The van der Waals surface area contributed by atoms with Gasteiger partial charge in [0.15, 0.2) is 17.3 Å². The van der Waals surface area contributed by atoms with Gasteiger partial charge < -0.3 is 14.8 Å². The van der Waals surface area contributed by atoms with Crippen molar-refractivity contribution in [2.24, 2.45) is 0 Å². The van der Waals surface area contributed by atoms with Crippen LogP contribution >= 0.6 is 0 Å². The number of benzene rings is 2. The number of anilines is 1. The molecule has 0 saturated carbocycles. The Morgan fingerprint density at radius 1 is 1.17 bits per heavy atom. The molecule has 0 saturated heterocycles. The summed E-state index contributed by atoms with van der Waals surface area (Å²) in [5.41, 5.74) is 2.68. The van der Waals surface area contributed by atoms with Gasteiger partial charge in [-0.15, -0.1) is 0 Å². The molecule has 0 radical (unpaired) electrons. The number of methoxy groups -OCH3 is 1. The van der Waals surface area contributed by atoms with Gasteiger partial charge in [-0.05, 0) is 36.2 Å². The Morgan fingerprint density at radius 3 is 2.78 bits per heavy atom. The van der Waals surface area contributed by atoms with E-state index >= 15 is 0 Å². The normalized spacial score (nSPS) is 16.4. The minimum Gasteiger partial charge on any atom is -0.493 e. The van der Waals surface area contributed by atoms with Crippen molar-refractivity contribution < 1.29 is 14.3 Å². The average Bonchev–Trinajstić information content (AvgIpc) is 2.59. The second kappa shape index (κ2) is 6.73. The Bertz CT molecular complexity index is 712. The third-order valence-electron chi connectivity index (χ3n) is 4.00. The predicted octanol–water partition coefficient (Wildman–Crippen LogP) is 4.22. The third-order valence-corrected chi connectivity index (χ3v) is 4.00. The summed E-state index contributed by atoms with van der Waals surface area (Å²) in [5.74, 6) is 1.60. The number of Topliss-reactive ketones (excluding diaryl/α,β-unsaturated/α-hetero) is 1. The number of ketones is 1. The van der Waals surface area contributed by atoms with Crippen LogP contribution in [0.15, 0.2) is 42.5 Å². The second-order valence-electron chi connectivity index (χ2n) is 5.63. The molecule has 120 valence electrons. The molecule has 0 fully saturated rings. The van der Waals surface area contributed by atoms with Crippen LogP contribution in [0.25, 0.3) is 0 Å². The first-order chi connectivity index (χ1) is 11.2. The molecule has 3 rings (SSSR count). The fourth-order valence-corrected chi connectivity index (χ4v) is 2.82. The molecule has 1 aliphatic heterocycles. The number of carbonyl (C=O) groups is 1. The highest BCUT2D eigenvalue weighted by atomic mass is 16.5. The third kappa shape index (κ3) is 3.16. The van der Waals surface area contributed by atoms with Crippen LogP contribution < -0.4 is 14.8 Å². The van der Waals surface area contributed by atoms with E-state index in [4.69, 9.17) is 9.47 Å². The van der Waals surface area contributed by atoms with E-state index in [1.54, 1.807) is 7.11 Å². The van der Waals surface area contributed by atoms with Crippen molar-refractivity contribution >= 4 is 11.5 Å². The zero-order chi connectivity index (χ0) is 16.2. The molecule has 1 aliphatic rings. The van der Waals surface area contributed by atoms with Crippen LogP contribution in [0.2, 0.25) is 0 Å². The molecule has 23 heavy (non-hydrogen) atoms. The molecule has 0 aliphatic carbocycles. The van der Waals surface area contributed by atoms with E-state index in [9.17, 15) is 4.79 Å². The molecule has 0 aromatic heterocycles. The van der Waals surface area contributed by atoms with Crippen molar-refractivity contribution in [2.75, 3.05) is 19.0 Å². The monoisotopic (exact) mass is 311 g/mol. The lowest BCUT2D eigenvalue weighted by molar-refractivity contribution is 0.0972. The summed E-state index contributed by atoms with van der Waals surface area (Å²) < 4.78 is 11.1. The van der Waals surface area contributed by atoms with Gasteiger partial charge in [0, 0.05) is 17.7 Å². The van der Waals surface area contributed by atoms with Crippen molar-refractivity contribution in [1.29, 1.82) is 0 Å². The average molecular weight is 311 g/mol. The van der Waals surface area contributed by atoms with Crippen LogP contribution in [0.1, 0.15) is 41.7 Å². The molecular formula is C19H21NO3. The maximum Gasteiger partial charge on any atom is 0.167 e. The van der Waals surface area contributed by atoms with Crippen molar-refractivity contribution in [1.82, 2.24) is 0 Å². The van der Waals surface area contributed by atoms with E-state index in [0.29, 0.717) is 18.8 Å². The topological polar surface area (TPSA) is 47.6 Å². The fourth-order valence-electron chi connectivity index (χ4n) is 2.82. The van der Waals surface area contributed by atoms with Gasteiger partial charge in [-0.2, -0.15) is 0 Å². The largest absolute Gasteiger partial charge is 0.493 e. The van der Waals surface area contributed by atoms with Crippen LogP contribution in [0.4, 0.5) is 5.69 Å². The number of ether oxygens (including phenoxy) is 2.